The van der Waals surface area contributed by atoms with E-state index in [0.717, 1.165) is 114 Å². The average molecular weight is 889 g/mol. The van der Waals surface area contributed by atoms with E-state index in [1.165, 1.54) is 0 Å². The van der Waals surface area contributed by atoms with E-state index >= 15 is 0 Å². The van der Waals surface area contributed by atoms with E-state index in [1.54, 1.807) is 30.3 Å². The predicted octanol–water partition coefficient (Wildman–Crippen LogP) is 4.51. The van der Waals surface area contributed by atoms with Crippen molar-refractivity contribution in [2.24, 2.45) is 17.8 Å². The Morgan fingerprint density at radius 1 is 0.797 bits per heavy atom. The van der Waals surface area contributed by atoms with Crippen LogP contribution in [0.25, 0.3) is 4.85 Å². The maximum Gasteiger partial charge on any atom is 0.274 e. The number of carbonyl (C=O) groups is 5. The third-order valence-electron chi connectivity index (χ3n) is 14.8. The molecule has 1 aliphatic carbocycles. The first-order valence-electron chi connectivity index (χ1n) is 22.9. The molecule has 7 heterocycles. The van der Waals surface area contributed by atoms with Gasteiger partial charge in [-0.15, -0.1) is 10.2 Å². The van der Waals surface area contributed by atoms with Gasteiger partial charge in [-0.1, -0.05) is 17.7 Å². The first kappa shape index (κ1) is 42.3. The smallest absolute Gasteiger partial charge is 0.274 e. The number of rotatable bonds is 9. The first-order chi connectivity index (χ1) is 31.1. The molecule has 16 nitrogen and oxygen atoms in total. The summed E-state index contributed by atoms with van der Waals surface area (Å²) in [6, 6.07) is 13.9. The molecule has 4 atom stereocenters. The van der Waals surface area contributed by atoms with Crippen LogP contribution in [0.3, 0.4) is 0 Å². The highest BCUT2D eigenvalue weighted by Crippen LogP contribution is 2.41. The number of imide groups is 2. The minimum Gasteiger partial charge on any atom is -0.490 e. The number of benzene rings is 2. The molecule has 7 aliphatic rings. The predicted molar refractivity (Wildman–Crippen MR) is 238 cm³/mol. The maximum atomic E-state index is 13.5. The third kappa shape index (κ3) is 8.41. The van der Waals surface area contributed by atoms with Gasteiger partial charge in [-0.05, 0) is 105 Å². The second-order valence-corrected chi connectivity index (χ2v) is 19.0. The number of hydrogen-bond donors (Lipinski definition) is 1. The topological polar surface area (TPSA) is 156 Å². The molecule has 334 valence electrons. The van der Waals surface area contributed by atoms with Crippen LogP contribution in [0, 0.1) is 24.3 Å². The van der Waals surface area contributed by atoms with Crippen molar-refractivity contribution in [3.8, 4) is 5.75 Å². The van der Waals surface area contributed by atoms with Gasteiger partial charge >= 0.3 is 0 Å². The Hall–Kier alpha value is -5.63. The zero-order valence-electron chi connectivity index (χ0n) is 35.9. The zero-order chi connectivity index (χ0) is 44.1. The number of carbonyl (C=O) groups excluding carboxylic acids is 5. The van der Waals surface area contributed by atoms with Crippen LogP contribution in [0.4, 0.5) is 17.2 Å². The van der Waals surface area contributed by atoms with Gasteiger partial charge in [-0.25, -0.2) is 4.85 Å². The van der Waals surface area contributed by atoms with E-state index in [9.17, 15) is 24.0 Å². The van der Waals surface area contributed by atoms with Crippen molar-refractivity contribution in [1.29, 1.82) is 0 Å². The molecule has 5 amide bonds. The van der Waals surface area contributed by atoms with Crippen molar-refractivity contribution >= 4 is 58.3 Å². The fraction of sp³-hybridized carbons (Fsp3) is 0.532. The van der Waals surface area contributed by atoms with E-state index in [-0.39, 0.29) is 30.8 Å². The second kappa shape index (κ2) is 17.7. The van der Waals surface area contributed by atoms with Crippen LogP contribution in [0.5, 0.6) is 5.75 Å². The molecule has 0 radical (unpaired) electrons. The van der Waals surface area contributed by atoms with Crippen LogP contribution in [0.1, 0.15) is 82.6 Å². The molecular weight excluding hydrogens is 836 g/mol. The molecule has 1 saturated carbocycles. The number of amides is 5. The van der Waals surface area contributed by atoms with Crippen LogP contribution < -0.4 is 19.9 Å². The van der Waals surface area contributed by atoms with Crippen LogP contribution in [0.15, 0.2) is 48.5 Å². The number of nitrogens with zero attached hydrogens (tertiary/aromatic N) is 9. The van der Waals surface area contributed by atoms with Crippen LogP contribution >= 0.6 is 11.6 Å². The normalized spacial score (nSPS) is 26.0. The summed E-state index contributed by atoms with van der Waals surface area (Å²) < 4.78 is 6.21. The molecule has 6 aliphatic heterocycles. The number of aromatic nitrogens is 2. The Bertz CT molecular complexity index is 2360. The number of likely N-dealkylation sites (tertiary alicyclic amines) is 1. The fourth-order valence-electron chi connectivity index (χ4n) is 11.3. The fourth-order valence-corrected chi connectivity index (χ4v) is 11.5. The minimum absolute atomic E-state index is 0.0622. The first-order valence-corrected chi connectivity index (χ1v) is 23.2. The molecule has 17 heteroatoms. The zero-order valence-corrected chi connectivity index (χ0v) is 36.6. The van der Waals surface area contributed by atoms with Crippen LogP contribution in [0.2, 0.25) is 5.02 Å². The van der Waals surface area contributed by atoms with Gasteiger partial charge < -0.3 is 24.3 Å². The van der Waals surface area contributed by atoms with Crippen LogP contribution in [-0.2, 0) is 9.59 Å². The highest BCUT2D eigenvalue weighted by atomic mass is 35.5. The minimum atomic E-state index is -0.965. The van der Waals surface area contributed by atoms with Crippen LogP contribution in [-0.4, -0.2) is 150 Å². The van der Waals surface area contributed by atoms with Gasteiger partial charge in [0.1, 0.15) is 11.8 Å². The molecular formula is C47H53ClN10O6. The molecule has 2 unspecified atom stereocenters. The number of anilines is 2. The SMILES string of the molecule is [C-]#[N+]c1ccc(OC2C[C@@H]3CN(C(=O)c4ccc(N5CCC(CN6CCN(C7CCN(c8ccc9c(c8)C(=O)N(C8CCC(=O)NC8=O)C9=O)CC7)CC6)CC5)nn4)C[C@@H]3C2)cc1Cl. The molecule has 0 spiro atoms. The highest BCUT2D eigenvalue weighted by molar-refractivity contribution is 6.33. The average Bonchev–Trinajstić information content (AvgIpc) is 3.96. The van der Waals surface area contributed by atoms with E-state index in [2.05, 4.69) is 40.0 Å². The van der Waals surface area contributed by atoms with Gasteiger partial charge in [0.2, 0.25) is 17.5 Å². The van der Waals surface area contributed by atoms with Crippen molar-refractivity contribution in [2.75, 3.05) is 81.8 Å². The standard InChI is InChI=1S/C47H53ClN10O6/c1-49-39-5-3-34(25-38(39)48)64-35-22-30-27-57(28-31(30)23-35)47(63)40-6-8-42(52-51-40)56-14-10-29(11-15-56)26-53-18-20-55(21-19-53)32-12-16-54(17-13-32)33-2-4-36-37(24-33)46(62)58(45(36)61)41-7-9-43(59)50-44(41)60/h2-6,8,24-25,29-32,35,41H,7,9-23,26-28H2,(H,50,59,60)/t30-,31+,35?,41?. The van der Waals surface area contributed by atoms with Crippen molar-refractivity contribution in [3.63, 3.8) is 0 Å². The summed E-state index contributed by atoms with van der Waals surface area (Å²) in [6.07, 6.45) is 6.31. The summed E-state index contributed by atoms with van der Waals surface area (Å²) in [4.78, 5) is 80.3. The molecule has 0 bridgehead atoms. The second-order valence-electron chi connectivity index (χ2n) is 18.6. The van der Waals surface area contributed by atoms with Crippen molar-refractivity contribution < 1.29 is 28.7 Å². The number of piperazine rings is 1. The molecule has 2 aromatic carbocycles. The van der Waals surface area contributed by atoms with E-state index in [4.69, 9.17) is 22.9 Å². The van der Waals surface area contributed by atoms with Gasteiger partial charge in [0.25, 0.3) is 17.7 Å². The molecule has 3 aromatic rings. The number of nitrogens with one attached hydrogen (secondary N) is 1. The number of halogens is 1. The van der Waals surface area contributed by atoms with E-state index < -0.39 is 23.8 Å². The van der Waals surface area contributed by atoms with Gasteiger partial charge in [0, 0.05) is 90.1 Å². The lowest BCUT2D eigenvalue weighted by Crippen LogP contribution is -2.54. The summed E-state index contributed by atoms with van der Waals surface area (Å²) in [6.45, 7) is 17.5. The molecule has 1 aromatic heterocycles. The molecule has 5 saturated heterocycles. The Kier molecular flexibility index (Phi) is 11.7. The van der Waals surface area contributed by atoms with Gasteiger partial charge in [0.05, 0.1) is 28.8 Å². The lowest BCUT2D eigenvalue weighted by molar-refractivity contribution is -0.136. The largest absolute Gasteiger partial charge is 0.490 e. The summed E-state index contributed by atoms with van der Waals surface area (Å²) in [5, 5.41) is 11.6. The summed E-state index contributed by atoms with van der Waals surface area (Å²) in [5.74, 6) is 0.909. The highest BCUT2D eigenvalue weighted by Gasteiger charge is 2.46. The molecule has 1 N–H and O–H groups in total. The van der Waals surface area contributed by atoms with Gasteiger partial charge in [0.15, 0.2) is 11.5 Å². The number of ether oxygens (including phenoxy) is 1. The summed E-state index contributed by atoms with van der Waals surface area (Å²) >= 11 is 6.21. The third-order valence-corrected chi connectivity index (χ3v) is 15.1. The molecule has 64 heavy (non-hydrogen) atoms. The summed E-state index contributed by atoms with van der Waals surface area (Å²) in [7, 11) is 0. The van der Waals surface area contributed by atoms with Crippen molar-refractivity contribution in [1.82, 2.24) is 35.1 Å². The number of piperidine rings is 3. The van der Waals surface area contributed by atoms with E-state index in [1.807, 2.05) is 23.1 Å². The maximum absolute atomic E-state index is 13.5. The van der Waals surface area contributed by atoms with Crippen molar-refractivity contribution in [3.05, 3.63) is 81.8 Å². The Balaban J connectivity index is 0.631. The summed E-state index contributed by atoms with van der Waals surface area (Å²) in [5.41, 5.74) is 2.35. The number of hydrogen-bond acceptors (Lipinski definition) is 12. The lowest BCUT2D eigenvalue weighted by atomic mass is 9.95. The van der Waals surface area contributed by atoms with Gasteiger partial charge in [-0.2, -0.15) is 0 Å². The van der Waals surface area contributed by atoms with Crippen molar-refractivity contribution in [2.45, 2.75) is 69.6 Å². The number of fused-ring (bicyclic) bond motifs is 2. The lowest BCUT2D eigenvalue weighted by Gasteiger charge is -2.44. The molecule has 10 rings (SSSR count). The van der Waals surface area contributed by atoms with E-state index in [0.29, 0.717) is 70.2 Å². The van der Waals surface area contributed by atoms with Gasteiger partial charge in [-0.3, -0.25) is 39.1 Å². The monoisotopic (exact) mass is 888 g/mol. The Morgan fingerprint density at radius 3 is 2.19 bits per heavy atom. The quantitative estimate of drug-likeness (QED) is 0.237. The molecule has 6 fully saturated rings. The Morgan fingerprint density at radius 2 is 1.52 bits per heavy atom. The Labute approximate surface area is 377 Å².